The Morgan fingerprint density at radius 1 is 1.05 bits per heavy atom. The highest BCUT2D eigenvalue weighted by Crippen LogP contribution is 2.27. The average Bonchev–Trinajstić information content (AvgIpc) is 2.93. The third-order valence-corrected chi connectivity index (χ3v) is 3.86. The van der Waals surface area contributed by atoms with E-state index >= 15 is 0 Å². The van der Waals surface area contributed by atoms with Crippen LogP contribution < -0.4 is 5.32 Å². The lowest BCUT2D eigenvalue weighted by atomic mass is 10.1. The first kappa shape index (κ1) is 14.0. The fourth-order valence-electron chi connectivity index (χ4n) is 2.38. The van der Waals surface area contributed by atoms with Crippen LogP contribution in [0.25, 0.3) is 16.9 Å². The Morgan fingerprint density at radius 3 is 2.43 bits per heavy atom. The van der Waals surface area contributed by atoms with Gasteiger partial charge in [-0.2, -0.15) is 5.10 Å². The molecule has 0 bridgehead atoms. The Bertz CT molecular complexity index is 718. The number of aromatic nitrogens is 2. The summed E-state index contributed by atoms with van der Waals surface area (Å²) in [7, 11) is 1.95. The van der Waals surface area contributed by atoms with E-state index in [0.717, 1.165) is 22.4 Å². The summed E-state index contributed by atoms with van der Waals surface area (Å²) in [5.41, 5.74) is 4.54. The molecule has 0 unspecified atom stereocenters. The second-order valence-electron chi connectivity index (χ2n) is 4.80. The highest BCUT2D eigenvalue weighted by Gasteiger charge is 2.13. The molecule has 3 aromatic rings. The number of halogens is 1. The van der Waals surface area contributed by atoms with E-state index in [2.05, 4.69) is 62.7 Å². The van der Waals surface area contributed by atoms with Gasteiger partial charge < -0.3 is 5.32 Å². The Balaban J connectivity index is 2.15. The maximum Gasteiger partial charge on any atom is 0.0785 e. The van der Waals surface area contributed by atoms with E-state index in [1.165, 1.54) is 11.1 Å². The number of nitrogens with zero attached hydrogens (tertiary/aromatic N) is 2. The molecule has 4 heteroatoms. The van der Waals surface area contributed by atoms with Crippen molar-refractivity contribution in [2.24, 2.45) is 0 Å². The van der Waals surface area contributed by atoms with Crippen LogP contribution in [0.15, 0.2) is 65.3 Å². The quantitative estimate of drug-likeness (QED) is 0.776. The molecule has 0 saturated carbocycles. The van der Waals surface area contributed by atoms with Crippen LogP contribution in [0, 0.1) is 0 Å². The van der Waals surface area contributed by atoms with Crippen molar-refractivity contribution < 1.29 is 0 Å². The SMILES string of the molecule is CNCc1cnn(-c2ccc(Br)cc2)c1-c1ccccc1. The monoisotopic (exact) mass is 341 g/mol. The van der Waals surface area contributed by atoms with Gasteiger partial charge in [0.1, 0.15) is 0 Å². The molecule has 0 amide bonds. The maximum atomic E-state index is 4.57. The number of hydrogen-bond acceptors (Lipinski definition) is 2. The summed E-state index contributed by atoms with van der Waals surface area (Å²) in [5.74, 6) is 0. The van der Waals surface area contributed by atoms with Crippen LogP contribution in [-0.2, 0) is 6.54 Å². The summed E-state index contributed by atoms with van der Waals surface area (Å²) < 4.78 is 3.06. The van der Waals surface area contributed by atoms with E-state index < -0.39 is 0 Å². The minimum absolute atomic E-state index is 0.792. The van der Waals surface area contributed by atoms with Crippen molar-refractivity contribution >= 4 is 15.9 Å². The first-order chi connectivity index (χ1) is 10.3. The topological polar surface area (TPSA) is 29.9 Å². The molecule has 0 saturated heterocycles. The van der Waals surface area contributed by atoms with Crippen molar-refractivity contribution in [1.82, 2.24) is 15.1 Å². The van der Waals surface area contributed by atoms with Crippen LogP contribution in [0.5, 0.6) is 0 Å². The molecule has 3 nitrogen and oxygen atoms in total. The van der Waals surface area contributed by atoms with Gasteiger partial charge in [0.25, 0.3) is 0 Å². The largest absolute Gasteiger partial charge is 0.316 e. The number of hydrogen-bond donors (Lipinski definition) is 1. The molecular formula is C17H16BrN3. The third-order valence-electron chi connectivity index (χ3n) is 3.33. The molecule has 0 aliphatic carbocycles. The fraction of sp³-hybridized carbons (Fsp3) is 0.118. The van der Waals surface area contributed by atoms with E-state index in [1.54, 1.807) is 0 Å². The fourth-order valence-corrected chi connectivity index (χ4v) is 2.65. The highest BCUT2D eigenvalue weighted by atomic mass is 79.9. The second-order valence-corrected chi connectivity index (χ2v) is 5.72. The molecule has 1 aromatic heterocycles. The van der Waals surface area contributed by atoms with E-state index in [-0.39, 0.29) is 0 Å². The van der Waals surface area contributed by atoms with Crippen molar-refractivity contribution in [2.45, 2.75) is 6.54 Å². The smallest absolute Gasteiger partial charge is 0.0785 e. The van der Waals surface area contributed by atoms with Crippen LogP contribution in [0.3, 0.4) is 0 Å². The highest BCUT2D eigenvalue weighted by molar-refractivity contribution is 9.10. The van der Waals surface area contributed by atoms with E-state index in [9.17, 15) is 0 Å². The van der Waals surface area contributed by atoms with Crippen LogP contribution in [0.1, 0.15) is 5.56 Å². The van der Waals surface area contributed by atoms with Gasteiger partial charge >= 0.3 is 0 Å². The molecule has 0 fully saturated rings. The van der Waals surface area contributed by atoms with Gasteiger partial charge in [0.15, 0.2) is 0 Å². The Morgan fingerprint density at radius 2 is 1.76 bits per heavy atom. The lowest BCUT2D eigenvalue weighted by Crippen LogP contribution is -2.06. The molecule has 0 spiro atoms. The van der Waals surface area contributed by atoms with Gasteiger partial charge in [-0.3, -0.25) is 0 Å². The van der Waals surface area contributed by atoms with Crippen molar-refractivity contribution in [3.8, 4) is 16.9 Å². The zero-order valence-electron chi connectivity index (χ0n) is 11.8. The van der Waals surface area contributed by atoms with Gasteiger partial charge in [0.2, 0.25) is 0 Å². The van der Waals surface area contributed by atoms with Crippen LogP contribution in [0.4, 0.5) is 0 Å². The summed E-state index contributed by atoms with van der Waals surface area (Å²) >= 11 is 3.47. The van der Waals surface area contributed by atoms with Gasteiger partial charge in [-0.1, -0.05) is 46.3 Å². The van der Waals surface area contributed by atoms with Gasteiger partial charge in [-0.25, -0.2) is 4.68 Å². The normalized spacial score (nSPS) is 10.8. The second kappa shape index (κ2) is 6.24. The van der Waals surface area contributed by atoms with Gasteiger partial charge in [-0.05, 0) is 31.3 Å². The van der Waals surface area contributed by atoms with E-state index in [1.807, 2.05) is 36.1 Å². The minimum atomic E-state index is 0.792. The van der Waals surface area contributed by atoms with Crippen LogP contribution >= 0.6 is 15.9 Å². The van der Waals surface area contributed by atoms with Gasteiger partial charge in [-0.15, -0.1) is 0 Å². The van der Waals surface area contributed by atoms with Gasteiger partial charge in [0.05, 0.1) is 17.6 Å². The van der Waals surface area contributed by atoms with Gasteiger partial charge in [0, 0.05) is 22.1 Å². The molecule has 0 aliphatic rings. The Labute approximate surface area is 132 Å². The van der Waals surface area contributed by atoms with E-state index in [0.29, 0.717) is 0 Å². The maximum absolute atomic E-state index is 4.57. The van der Waals surface area contributed by atoms with Crippen molar-refractivity contribution in [3.63, 3.8) is 0 Å². The molecule has 1 heterocycles. The van der Waals surface area contributed by atoms with Crippen molar-refractivity contribution in [3.05, 3.63) is 70.8 Å². The summed E-state index contributed by atoms with van der Waals surface area (Å²) in [6.45, 7) is 0.792. The molecule has 3 rings (SSSR count). The van der Waals surface area contributed by atoms with Crippen LogP contribution in [0.2, 0.25) is 0 Å². The molecule has 0 radical (unpaired) electrons. The first-order valence-electron chi connectivity index (χ1n) is 6.82. The molecule has 0 aliphatic heterocycles. The number of rotatable bonds is 4. The Hall–Kier alpha value is -1.91. The third kappa shape index (κ3) is 2.91. The van der Waals surface area contributed by atoms with Crippen LogP contribution in [-0.4, -0.2) is 16.8 Å². The summed E-state index contributed by atoms with van der Waals surface area (Å²) in [6, 6.07) is 18.6. The van der Waals surface area contributed by atoms with E-state index in [4.69, 9.17) is 0 Å². The zero-order chi connectivity index (χ0) is 14.7. The molecule has 0 atom stereocenters. The first-order valence-corrected chi connectivity index (χ1v) is 7.62. The summed E-state index contributed by atoms with van der Waals surface area (Å²) in [6.07, 6.45) is 1.93. The number of benzene rings is 2. The zero-order valence-corrected chi connectivity index (χ0v) is 13.3. The Kier molecular flexibility index (Phi) is 4.18. The molecular weight excluding hydrogens is 326 g/mol. The average molecular weight is 342 g/mol. The predicted molar refractivity (Wildman–Crippen MR) is 89.5 cm³/mol. The lowest BCUT2D eigenvalue weighted by Gasteiger charge is -2.10. The van der Waals surface area contributed by atoms with Crippen molar-refractivity contribution in [2.75, 3.05) is 7.05 Å². The molecule has 1 N–H and O–H groups in total. The summed E-state index contributed by atoms with van der Waals surface area (Å²) in [4.78, 5) is 0. The predicted octanol–water partition coefficient (Wildman–Crippen LogP) is 4.02. The molecule has 106 valence electrons. The minimum Gasteiger partial charge on any atom is -0.316 e. The number of nitrogens with one attached hydrogen (secondary N) is 1. The van der Waals surface area contributed by atoms with Crippen molar-refractivity contribution in [1.29, 1.82) is 0 Å². The molecule has 21 heavy (non-hydrogen) atoms. The molecule has 2 aromatic carbocycles. The standard InChI is InChI=1S/C17H16BrN3/c1-19-11-14-12-20-21(16-9-7-15(18)8-10-16)17(14)13-5-3-2-4-6-13/h2-10,12,19H,11H2,1H3. The summed E-state index contributed by atoms with van der Waals surface area (Å²) in [5, 5.41) is 7.78. The lowest BCUT2D eigenvalue weighted by molar-refractivity contribution is 0.818.